The minimum atomic E-state index is -3.69. The van der Waals surface area contributed by atoms with E-state index in [9.17, 15) is 37.4 Å². The van der Waals surface area contributed by atoms with Crippen LogP contribution in [0, 0.1) is 0 Å². The highest BCUT2D eigenvalue weighted by Gasteiger charge is 2.34. The van der Waals surface area contributed by atoms with Crippen molar-refractivity contribution in [2.45, 2.75) is 25.7 Å². The molecule has 23 heteroatoms. The minimum Gasteiger partial charge on any atom is -0.435 e. The molecule has 6 rings (SSSR count). The lowest BCUT2D eigenvalue weighted by atomic mass is 10.1. The predicted octanol–water partition coefficient (Wildman–Crippen LogP) is 8.19. The Morgan fingerprint density at radius 2 is 1.07 bits per heavy atom. The number of hydrogen-bond acceptors (Lipinski definition) is 19. The number of fused-ring (bicyclic) bond motifs is 2. The molecule has 0 spiro atoms. The number of ether oxygens (including phenoxy) is 1. The molecule has 322 valence electrons. The van der Waals surface area contributed by atoms with E-state index in [-0.39, 0.29) is 28.8 Å². The van der Waals surface area contributed by atoms with E-state index >= 15 is 0 Å². The normalized spacial score (nSPS) is 15.9. The maximum atomic E-state index is 11.9. The number of hydrogen-bond donors (Lipinski definition) is 0. The molecule has 2 aromatic rings. The Bertz CT molecular complexity index is 2190. The molecule has 0 atom stereocenters. The first-order valence-electron chi connectivity index (χ1n) is 17.1. The van der Waals surface area contributed by atoms with Gasteiger partial charge in [0.05, 0.1) is 6.08 Å². The summed E-state index contributed by atoms with van der Waals surface area (Å²) in [5.41, 5.74) is 3.33. The average Bonchev–Trinajstić information content (AvgIpc) is 3.88. The van der Waals surface area contributed by atoms with E-state index in [1.54, 1.807) is 30.3 Å². The van der Waals surface area contributed by atoms with Crippen LogP contribution in [-0.2, 0) is 89.0 Å². The van der Waals surface area contributed by atoms with Crippen LogP contribution in [0.2, 0.25) is 0 Å². The first kappa shape index (κ1) is 49.1. The number of phosphoric acid groups is 3. The standard InChI is InChI=1S/C11H11O5P.C11H13O4P.C8H13O5P.C6H7O5P/c1-14-17(13,15-2)16-10-7-8-5-3-4-6-9(8)11(10)12;1-13-16(12,14-2)15-11-8-7-9-5-3-4-6-10(9)11;1-11-14(10,12-2)13-8-6-4-3-5-7(8)9;1-12(2,9)11-4-3-5(7)10-6(4)8/h3-7H,1-2H3;3-6,8H,7H2,1-2H3;6H,3-5H2,1-2H3;3H,1-2H3. The molecule has 0 N–H and O–H groups in total. The van der Waals surface area contributed by atoms with Gasteiger partial charge in [-0.2, -0.15) is 0 Å². The van der Waals surface area contributed by atoms with E-state index in [4.69, 9.17) is 27.1 Å². The zero-order valence-electron chi connectivity index (χ0n) is 33.3. The van der Waals surface area contributed by atoms with Gasteiger partial charge in [0.25, 0.3) is 0 Å². The van der Waals surface area contributed by atoms with Crippen LogP contribution in [0.25, 0.3) is 11.8 Å². The number of cyclic esters (lactones) is 2. The van der Waals surface area contributed by atoms with Crippen LogP contribution in [0.15, 0.2) is 84.0 Å². The predicted molar refractivity (Wildman–Crippen MR) is 212 cm³/mol. The van der Waals surface area contributed by atoms with Gasteiger partial charge in [0.15, 0.2) is 17.3 Å². The summed E-state index contributed by atoms with van der Waals surface area (Å²) in [7, 11) is -6.12. The van der Waals surface area contributed by atoms with Crippen molar-refractivity contribution in [1.82, 2.24) is 0 Å². The first-order valence-corrected chi connectivity index (χ1v) is 24.0. The molecule has 0 unspecified atom stereocenters. The molecule has 0 saturated carbocycles. The number of carbonyl (C=O) groups excluding carboxylic acids is 4. The Kier molecular flexibility index (Phi) is 18.2. The van der Waals surface area contributed by atoms with Crippen LogP contribution >= 0.6 is 30.8 Å². The number of esters is 2. The van der Waals surface area contributed by atoms with Crippen molar-refractivity contribution in [2.24, 2.45) is 0 Å². The summed E-state index contributed by atoms with van der Waals surface area (Å²) in [6.07, 6.45) is 8.61. The lowest BCUT2D eigenvalue weighted by Gasteiger charge is -2.17. The summed E-state index contributed by atoms with van der Waals surface area (Å²) in [5.74, 6) is -1.83. The van der Waals surface area contributed by atoms with Gasteiger partial charge in [-0.3, -0.25) is 41.3 Å². The molecule has 0 aromatic heterocycles. The average molecular weight is 905 g/mol. The summed E-state index contributed by atoms with van der Waals surface area (Å²) in [5, 5.41) is 0. The third-order valence-corrected chi connectivity index (χ3v) is 12.2. The van der Waals surface area contributed by atoms with Crippen LogP contribution < -0.4 is 0 Å². The Morgan fingerprint density at radius 3 is 1.56 bits per heavy atom. The Labute approximate surface area is 340 Å². The van der Waals surface area contributed by atoms with Crippen LogP contribution in [0.4, 0.5) is 0 Å². The van der Waals surface area contributed by atoms with Gasteiger partial charge in [0.2, 0.25) is 18.9 Å². The van der Waals surface area contributed by atoms with Crippen molar-refractivity contribution in [2.75, 3.05) is 56.0 Å². The molecule has 0 saturated heterocycles. The number of benzene rings is 2. The fourth-order valence-electron chi connectivity index (χ4n) is 4.84. The van der Waals surface area contributed by atoms with Gasteiger partial charge in [0, 0.05) is 73.5 Å². The lowest BCUT2D eigenvalue weighted by molar-refractivity contribution is -0.151. The van der Waals surface area contributed by atoms with Crippen LogP contribution in [0.3, 0.4) is 0 Å². The monoisotopic (exact) mass is 904 g/mol. The van der Waals surface area contributed by atoms with E-state index in [2.05, 4.69) is 22.8 Å². The zero-order chi connectivity index (χ0) is 44.0. The molecular weight excluding hydrogens is 860 g/mol. The Hall–Kier alpha value is -4.24. The highest BCUT2D eigenvalue weighted by Crippen LogP contribution is 2.53. The second-order valence-corrected chi connectivity index (χ2v) is 20.1. The van der Waals surface area contributed by atoms with Gasteiger partial charge in [-0.15, -0.1) is 0 Å². The van der Waals surface area contributed by atoms with E-state index in [1.165, 1.54) is 62.1 Å². The van der Waals surface area contributed by atoms with Crippen molar-refractivity contribution in [3.8, 4) is 0 Å². The molecule has 1 aliphatic heterocycles. The number of carbonyl (C=O) groups is 4. The fourth-order valence-corrected chi connectivity index (χ4v) is 7.54. The summed E-state index contributed by atoms with van der Waals surface area (Å²) in [4.78, 5) is 44.3. The molecule has 0 amide bonds. The minimum absolute atomic E-state index is 0.0294. The topological polar surface area (TPSA) is 238 Å². The maximum Gasteiger partial charge on any atom is 0.529 e. The quantitative estimate of drug-likeness (QED) is 0.0986. The van der Waals surface area contributed by atoms with E-state index < -0.39 is 42.8 Å². The largest absolute Gasteiger partial charge is 0.529 e. The second kappa shape index (κ2) is 21.8. The smallest absolute Gasteiger partial charge is 0.435 e. The molecule has 4 aliphatic rings. The molecule has 0 fully saturated rings. The van der Waals surface area contributed by atoms with Gasteiger partial charge < -0.3 is 22.8 Å². The van der Waals surface area contributed by atoms with Crippen LogP contribution in [0.1, 0.15) is 46.3 Å². The number of rotatable bonds is 14. The second-order valence-electron chi connectivity index (χ2n) is 12.0. The third-order valence-electron chi connectivity index (χ3n) is 7.65. The van der Waals surface area contributed by atoms with Gasteiger partial charge >= 0.3 is 35.4 Å². The van der Waals surface area contributed by atoms with Crippen molar-refractivity contribution in [1.29, 1.82) is 0 Å². The molecule has 0 radical (unpaired) electrons. The van der Waals surface area contributed by atoms with Crippen LogP contribution in [0.5, 0.6) is 0 Å². The van der Waals surface area contributed by atoms with Crippen molar-refractivity contribution < 1.29 is 87.4 Å². The SMILES string of the molecule is COP(=O)(OC)OC1=CCCCC1=O.COP(=O)(OC)OC1=CCc2ccccc21.COP(=O)(OC)OC1=Cc2ccccc2C1=O.CP(C)(=O)OC1=CC(=O)OC1=O. The van der Waals surface area contributed by atoms with Crippen molar-refractivity contribution >= 4 is 66.2 Å². The molecule has 19 nitrogen and oxygen atoms in total. The van der Waals surface area contributed by atoms with Gasteiger partial charge in [-0.05, 0) is 48.6 Å². The van der Waals surface area contributed by atoms with Crippen LogP contribution in [-0.4, -0.2) is 79.5 Å². The molecule has 0 bridgehead atoms. The number of phosphoric ester groups is 3. The van der Waals surface area contributed by atoms with E-state index in [1.807, 2.05) is 30.3 Å². The highest BCUT2D eigenvalue weighted by molar-refractivity contribution is 7.57. The summed E-state index contributed by atoms with van der Waals surface area (Å²) < 4.78 is 97.9. The third kappa shape index (κ3) is 14.5. The number of ketones is 2. The van der Waals surface area contributed by atoms with Gasteiger partial charge in [0.1, 0.15) is 5.76 Å². The lowest BCUT2D eigenvalue weighted by Crippen LogP contribution is -2.10. The first-order chi connectivity index (χ1) is 27.8. The molecular formula is C36H44O19P4. The Balaban J connectivity index is 0.000000212. The molecule has 59 heavy (non-hydrogen) atoms. The summed E-state index contributed by atoms with van der Waals surface area (Å²) in [6, 6.07) is 14.8. The highest BCUT2D eigenvalue weighted by atomic mass is 31.2. The van der Waals surface area contributed by atoms with E-state index in [0.717, 1.165) is 42.0 Å². The Morgan fingerprint density at radius 1 is 0.559 bits per heavy atom. The van der Waals surface area contributed by atoms with Gasteiger partial charge in [-0.1, -0.05) is 48.5 Å². The summed E-state index contributed by atoms with van der Waals surface area (Å²) in [6.45, 7) is 2.67. The van der Waals surface area contributed by atoms with Gasteiger partial charge in [-0.25, -0.2) is 23.3 Å². The number of Topliss-reactive ketones (excluding diaryl/α,β-unsaturated/α-hetero) is 2. The fraction of sp³-hybridized carbons (Fsp3) is 0.333. The molecule has 2 aromatic carbocycles. The summed E-state index contributed by atoms with van der Waals surface area (Å²) >= 11 is 0. The number of allylic oxidation sites excluding steroid dienone is 4. The van der Waals surface area contributed by atoms with Crippen molar-refractivity contribution in [3.63, 3.8) is 0 Å². The molecule has 3 aliphatic carbocycles. The van der Waals surface area contributed by atoms with E-state index in [0.29, 0.717) is 17.7 Å². The molecule has 1 heterocycles. The maximum absolute atomic E-state index is 11.9. The van der Waals surface area contributed by atoms with Crippen molar-refractivity contribution in [3.05, 3.63) is 106 Å². The zero-order valence-corrected chi connectivity index (χ0v) is 36.9.